The molecule has 37 heavy (non-hydrogen) atoms. The Kier molecular flexibility index (Phi) is 8.40. The Labute approximate surface area is 213 Å². The lowest BCUT2D eigenvalue weighted by molar-refractivity contribution is -0.149. The van der Waals surface area contributed by atoms with E-state index >= 15 is 0 Å². The first-order valence-electron chi connectivity index (χ1n) is 12.1. The quantitative estimate of drug-likeness (QED) is 0.574. The Hall–Kier alpha value is -3.09. The molecule has 9 nitrogen and oxygen atoms in total. The zero-order valence-corrected chi connectivity index (χ0v) is 20.8. The molecule has 0 radical (unpaired) electrons. The molecule has 3 heterocycles. The minimum atomic E-state index is -3.11. The average molecular weight is 525 g/mol. The first kappa shape index (κ1) is 27.0. The predicted molar refractivity (Wildman–Crippen MR) is 131 cm³/mol. The summed E-state index contributed by atoms with van der Waals surface area (Å²) in [5, 5.41) is 11.7. The van der Waals surface area contributed by atoms with Gasteiger partial charge in [-0.2, -0.15) is 4.98 Å². The van der Waals surface area contributed by atoms with Gasteiger partial charge in [-0.15, -0.1) is 0 Å². The fourth-order valence-corrected chi connectivity index (χ4v) is 4.24. The van der Waals surface area contributed by atoms with E-state index in [1.54, 1.807) is 13.0 Å². The van der Waals surface area contributed by atoms with Gasteiger partial charge in [0.15, 0.2) is 0 Å². The first-order chi connectivity index (χ1) is 17.7. The highest BCUT2D eigenvalue weighted by molar-refractivity contribution is 5.91. The van der Waals surface area contributed by atoms with Crippen molar-refractivity contribution in [1.29, 1.82) is 0 Å². The number of hydrogen-bond donors (Lipinski definition) is 2. The number of nitrogens with one attached hydrogen (secondary N) is 1. The SMILES string of the molecule is Cc1cc(F)c(NC(=O)N2CCOC(C(C)(F)F)C2)cc1-c1cc(OCCO)nc(N2CCOCC2)c1. The van der Waals surface area contributed by atoms with E-state index in [1.807, 2.05) is 11.0 Å². The van der Waals surface area contributed by atoms with Crippen LogP contribution in [0.4, 0.5) is 29.5 Å². The van der Waals surface area contributed by atoms with E-state index in [9.17, 15) is 23.1 Å². The molecule has 2 aliphatic rings. The normalized spacial score (nSPS) is 18.6. The highest BCUT2D eigenvalue weighted by Gasteiger charge is 2.39. The number of carbonyl (C=O) groups excluding carboxylic acids is 1. The van der Waals surface area contributed by atoms with Crippen LogP contribution in [0.1, 0.15) is 12.5 Å². The standard InChI is InChI=1S/C25H31F3N4O5/c1-16-11-19(26)20(29-24(34)32-5-9-36-21(15-32)25(2,27)28)14-18(16)17-12-22(31-3-7-35-8-4-31)30-23(13-17)37-10-6-33/h11-14,21,33H,3-10,15H2,1-2H3,(H,29,34). The number of pyridine rings is 1. The van der Waals surface area contributed by atoms with Crippen LogP contribution < -0.4 is 15.0 Å². The van der Waals surface area contributed by atoms with Gasteiger partial charge < -0.3 is 34.4 Å². The molecule has 0 bridgehead atoms. The molecule has 0 aliphatic carbocycles. The lowest BCUT2D eigenvalue weighted by atomic mass is 10.00. The number of rotatable bonds is 7. The number of aliphatic hydroxyl groups excluding tert-OH is 1. The van der Waals surface area contributed by atoms with Crippen molar-refractivity contribution in [3.05, 3.63) is 35.6 Å². The number of aromatic nitrogens is 1. The van der Waals surface area contributed by atoms with Crippen LogP contribution in [-0.2, 0) is 9.47 Å². The minimum Gasteiger partial charge on any atom is -0.475 e. The number of benzene rings is 1. The maximum atomic E-state index is 14.9. The number of carbonyl (C=O) groups is 1. The fourth-order valence-electron chi connectivity index (χ4n) is 4.24. The molecule has 1 atom stereocenters. The van der Waals surface area contributed by atoms with Crippen molar-refractivity contribution in [1.82, 2.24) is 9.88 Å². The van der Waals surface area contributed by atoms with E-state index in [0.29, 0.717) is 54.7 Å². The van der Waals surface area contributed by atoms with Crippen molar-refractivity contribution in [2.75, 3.05) is 69.4 Å². The molecule has 0 spiro atoms. The zero-order chi connectivity index (χ0) is 26.6. The molecule has 2 N–H and O–H groups in total. The lowest BCUT2D eigenvalue weighted by Gasteiger charge is -2.35. The second-order valence-electron chi connectivity index (χ2n) is 9.06. The Morgan fingerprint density at radius 2 is 1.97 bits per heavy atom. The summed E-state index contributed by atoms with van der Waals surface area (Å²) in [6, 6.07) is 5.64. The number of alkyl halides is 2. The van der Waals surface area contributed by atoms with Crippen LogP contribution in [0.3, 0.4) is 0 Å². The first-order valence-corrected chi connectivity index (χ1v) is 12.1. The molecule has 2 saturated heterocycles. The number of ether oxygens (including phenoxy) is 3. The van der Waals surface area contributed by atoms with Crippen molar-refractivity contribution < 1.29 is 37.3 Å². The number of urea groups is 1. The number of nitrogens with zero attached hydrogens (tertiary/aromatic N) is 3. The van der Waals surface area contributed by atoms with Gasteiger partial charge in [0, 0.05) is 32.6 Å². The summed E-state index contributed by atoms with van der Waals surface area (Å²) in [7, 11) is 0. The largest absolute Gasteiger partial charge is 0.475 e. The Morgan fingerprint density at radius 3 is 2.68 bits per heavy atom. The number of aryl methyl sites for hydroxylation is 1. The number of anilines is 2. The number of hydrogen-bond acceptors (Lipinski definition) is 7. The van der Waals surface area contributed by atoms with Crippen LogP contribution in [0, 0.1) is 12.7 Å². The van der Waals surface area contributed by atoms with E-state index in [2.05, 4.69) is 10.3 Å². The van der Waals surface area contributed by atoms with Gasteiger partial charge in [-0.1, -0.05) is 0 Å². The van der Waals surface area contributed by atoms with Gasteiger partial charge in [0.05, 0.1) is 38.7 Å². The fraction of sp³-hybridized carbons (Fsp3) is 0.520. The van der Waals surface area contributed by atoms with Crippen LogP contribution in [0.2, 0.25) is 0 Å². The summed E-state index contributed by atoms with van der Waals surface area (Å²) in [6.45, 7) is 4.48. The van der Waals surface area contributed by atoms with Gasteiger partial charge in [0.1, 0.15) is 24.3 Å². The van der Waals surface area contributed by atoms with Crippen molar-refractivity contribution in [3.8, 4) is 17.0 Å². The van der Waals surface area contributed by atoms with Gasteiger partial charge in [0.25, 0.3) is 5.92 Å². The molecule has 0 saturated carbocycles. The van der Waals surface area contributed by atoms with Crippen LogP contribution in [0.15, 0.2) is 24.3 Å². The number of morpholine rings is 2. The number of halogens is 3. The Balaban J connectivity index is 1.62. The molecule has 2 fully saturated rings. The number of aliphatic hydroxyl groups is 1. The molecule has 202 valence electrons. The van der Waals surface area contributed by atoms with Gasteiger partial charge in [0.2, 0.25) is 5.88 Å². The minimum absolute atomic E-state index is 0.0406. The van der Waals surface area contributed by atoms with Gasteiger partial charge in [-0.25, -0.2) is 18.0 Å². The van der Waals surface area contributed by atoms with E-state index in [4.69, 9.17) is 14.2 Å². The summed E-state index contributed by atoms with van der Waals surface area (Å²) >= 11 is 0. The monoisotopic (exact) mass is 524 g/mol. The van der Waals surface area contributed by atoms with E-state index < -0.39 is 23.9 Å². The second-order valence-corrected chi connectivity index (χ2v) is 9.06. The predicted octanol–water partition coefficient (Wildman–Crippen LogP) is 3.29. The number of amides is 2. The Bertz CT molecular complexity index is 1110. The lowest BCUT2D eigenvalue weighted by Crippen LogP contribution is -2.52. The topological polar surface area (TPSA) is 96.4 Å². The zero-order valence-electron chi connectivity index (χ0n) is 20.8. The van der Waals surface area contributed by atoms with Crippen LogP contribution >= 0.6 is 0 Å². The molecule has 4 rings (SSSR count). The molecule has 2 amide bonds. The molecular formula is C25H31F3N4O5. The van der Waals surface area contributed by atoms with Crippen LogP contribution in [0.25, 0.3) is 11.1 Å². The maximum absolute atomic E-state index is 14.9. The highest BCUT2D eigenvalue weighted by Crippen LogP contribution is 2.33. The van der Waals surface area contributed by atoms with Crippen molar-refractivity contribution in [2.24, 2.45) is 0 Å². The van der Waals surface area contributed by atoms with Crippen LogP contribution in [-0.4, -0.2) is 92.3 Å². The van der Waals surface area contributed by atoms with E-state index in [1.165, 1.54) is 17.0 Å². The van der Waals surface area contributed by atoms with E-state index in [0.717, 1.165) is 6.92 Å². The van der Waals surface area contributed by atoms with Gasteiger partial charge in [-0.3, -0.25) is 0 Å². The molecular weight excluding hydrogens is 493 g/mol. The molecule has 1 aromatic heterocycles. The highest BCUT2D eigenvalue weighted by atomic mass is 19.3. The molecule has 2 aromatic rings. The summed E-state index contributed by atoms with van der Waals surface area (Å²) in [4.78, 5) is 20.6. The summed E-state index contributed by atoms with van der Waals surface area (Å²) in [5.74, 6) is -2.83. The van der Waals surface area contributed by atoms with Crippen molar-refractivity contribution in [3.63, 3.8) is 0 Å². The summed E-state index contributed by atoms with van der Waals surface area (Å²) < 4.78 is 58.4. The summed E-state index contributed by atoms with van der Waals surface area (Å²) in [5.41, 5.74) is 1.83. The van der Waals surface area contributed by atoms with Gasteiger partial charge in [-0.05, 0) is 41.8 Å². The van der Waals surface area contributed by atoms with Crippen molar-refractivity contribution in [2.45, 2.75) is 25.9 Å². The maximum Gasteiger partial charge on any atom is 0.322 e. The second kappa shape index (κ2) is 11.5. The molecule has 12 heteroatoms. The average Bonchev–Trinajstić information content (AvgIpc) is 2.89. The molecule has 2 aliphatic heterocycles. The molecule has 1 aromatic carbocycles. The third-order valence-corrected chi connectivity index (χ3v) is 6.25. The van der Waals surface area contributed by atoms with Gasteiger partial charge >= 0.3 is 6.03 Å². The summed E-state index contributed by atoms with van der Waals surface area (Å²) in [6.07, 6.45) is -1.43. The third kappa shape index (κ3) is 6.62. The van der Waals surface area contributed by atoms with Crippen LogP contribution in [0.5, 0.6) is 5.88 Å². The molecule has 1 unspecified atom stereocenters. The van der Waals surface area contributed by atoms with Crippen molar-refractivity contribution >= 4 is 17.5 Å². The third-order valence-electron chi connectivity index (χ3n) is 6.25. The smallest absolute Gasteiger partial charge is 0.322 e. The Morgan fingerprint density at radius 1 is 1.22 bits per heavy atom. The van der Waals surface area contributed by atoms with E-state index in [-0.39, 0.29) is 38.6 Å².